The standard InChI is InChI=1S/C15H25N3O/c1-3-5-14-10-13(12-16-2)11-15(17-14)18-6-4-8-19-9-7-18/h10-11,16H,3-9,12H2,1-2H3. The SMILES string of the molecule is CCCc1cc(CNC)cc(N2CCCOCC2)n1. The Kier molecular flexibility index (Phi) is 5.61. The van der Waals surface area contributed by atoms with E-state index < -0.39 is 0 Å². The summed E-state index contributed by atoms with van der Waals surface area (Å²) in [6.07, 6.45) is 3.27. The highest BCUT2D eigenvalue weighted by Crippen LogP contribution is 2.18. The number of hydrogen-bond acceptors (Lipinski definition) is 4. The average molecular weight is 263 g/mol. The van der Waals surface area contributed by atoms with E-state index in [1.54, 1.807) is 0 Å². The van der Waals surface area contributed by atoms with E-state index in [-0.39, 0.29) is 0 Å². The van der Waals surface area contributed by atoms with Crippen LogP contribution in [0, 0.1) is 0 Å². The Labute approximate surface area is 116 Å². The monoisotopic (exact) mass is 263 g/mol. The van der Waals surface area contributed by atoms with Gasteiger partial charge >= 0.3 is 0 Å². The number of nitrogens with one attached hydrogen (secondary N) is 1. The van der Waals surface area contributed by atoms with Crippen molar-refractivity contribution in [2.45, 2.75) is 32.7 Å². The van der Waals surface area contributed by atoms with Gasteiger partial charge in [-0.2, -0.15) is 0 Å². The molecule has 4 heteroatoms. The fourth-order valence-corrected chi connectivity index (χ4v) is 2.46. The van der Waals surface area contributed by atoms with Gasteiger partial charge in [-0.3, -0.25) is 0 Å². The summed E-state index contributed by atoms with van der Waals surface area (Å²) in [5.41, 5.74) is 2.52. The first-order chi connectivity index (χ1) is 9.33. The third-order valence-corrected chi connectivity index (χ3v) is 3.36. The van der Waals surface area contributed by atoms with Crippen molar-refractivity contribution in [3.63, 3.8) is 0 Å². The molecule has 0 radical (unpaired) electrons. The quantitative estimate of drug-likeness (QED) is 0.881. The van der Waals surface area contributed by atoms with Crippen LogP contribution < -0.4 is 10.2 Å². The summed E-state index contributed by atoms with van der Waals surface area (Å²) >= 11 is 0. The zero-order valence-electron chi connectivity index (χ0n) is 12.1. The van der Waals surface area contributed by atoms with Crippen LogP contribution in [0.5, 0.6) is 0 Å². The van der Waals surface area contributed by atoms with Crippen LogP contribution in [0.15, 0.2) is 12.1 Å². The van der Waals surface area contributed by atoms with Crippen molar-refractivity contribution in [3.05, 3.63) is 23.4 Å². The first-order valence-electron chi connectivity index (χ1n) is 7.30. The summed E-state index contributed by atoms with van der Waals surface area (Å²) in [5.74, 6) is 1.11. The smallest absolute Gasteiger partial charge is 0.129 e. The van der Waals surface area contributed by atoms with Crippen molar-refractivity contribution < 1.29 is 4.74 Å². The Hall–Kier alpha value is -1.13. The lowest BCUT2D eigenvalue weighted by molar-refractivity contribution is 0.152. The highest BCUT2D eigenvalue weighted by Gasteiger charge is 2.13. The van der Waals surface area contributed by atoms with Gasteiger partial charge in [-0.15, -0.1) is 0 Å². The van der Waals surface area contributed by atoms with Gasteiger partial charge < -0.3 is 15.0 Å². The first kappa shape index (κ1) is 14.3. The van der Waals surface area contributed by atoms with Gasteiger partial charge in [0.15, 0.2) is 0 Å². The van der Waals surface area contributed by atoms with Crippen LogP contribution in [0.2, 0.25) is 0 Å². The van der Waals surface area contributed by atoms with Crippen LogP contribution in [-0.2, 0) is 17.7 Å². The van der Waals surface area contributed by atoms with Gasteiger partial charge in [0.2, 0.25) is 0 Å². The molecule has 0 aliphatic carbocycles. The van der Waals surface area contributed by atoms with Crippen LogP contribution in [0.4, 0.5) is 5.82 Å². The lowest BCUT2D eigenvalue weighted by Gasteiger charge is -2.22. The average Bonchev–Trinajstić information content (AvgIpc) is 2.68. The summed E-state index contributed by atoms with van der Waals surface area (Å²) in [6.45, 7) is 6.77. The van der Waals surface area contributed by atoms with E-state index in [9.17, 15) is 0 Å². The maximum Gasteiger partial charge on any atom is 0.129 e. The van der Waals surface area contributed by atoms with Gasteiger partial charge in [-0.25, -0.2) is 4.98 Å². The van der Waals surface area contributed by atoms with Crippen LogP contribution >= 0.6 is 0 Å². The number of hydrogen-bond donors (Lipinski definition) is 1. The van der Waals surface area contributed by atoms with Crippen molar-refractivity contribution in [3.8, 4) is 0 Å². The maximum absolute atomic E-state index is 5.52. The molecule has 0 aromatic carbocycles. The van der Waals surface area contributed by atoms with Crippen LogP contribution in [0.1, 0.15) is 31.0 Å². The normalized spacial score (nSPS) is 16.4. The van der Waals surface area contributed by atoms with E-state index >= 15 is 0 Å². The van der Waals surface area contributed by atoms with Crippen LogP contribution in [0.25, 0.3) is 0 Å². The zero-order valence-corrected chi connectivity index (χ0v) is 12.1. The molecule has 1 saturated heterocycles. The van der Waals surface area contributed by atoms with Crippen molar-refractivity contribution >= 4 is 5.82 Å². The molecule has 1 aromatic rings. The molecular weight excluding hydrogens is 238 g/mol. The molecule has 19 heavy (non-hydrogen) atoms. The number of aryl methyl sites for hydroxylation is 1. The van der Waals surface area contributed by atoms with Gasteiger partial charge in [0.1, 0.15) is 5.82 Å². The fraction of sp³-hybridized carbons (Fsp3) is 0.667. The lowest BCUT2D eigenvalue weighted by Crippen LogP contribution is -2.27. The summed E-state index contributed by atoms with van der Waals surface area (Å²) in [7, 11) is 1.99. The predicted octanol–water partition coefficient (Wildman–Crippen LogP) is 1.98. The van der Waals surface area contributed by atoms with Gasteiger partial charge in [-0.1, -0.05) is 13.3 Å². The Balaban J connectivity index is 2.20. The molecule has 2 rings (SSSR count). The second-order valence-electron chi connectivity index (χ2n) is 5.06. The topological polar surface area (TPSA) is 37.4 Å². The van der Waals surface area contributed by atoms with Crippen molar-refractivity contribution in [1.29, 1.82) is 0 Å². The molecule has 0 saturated carbocycles. The molecule has 0 amide bonds. The Morgan fingerprint density at radius 3 is 3.00 bits per heavy atom. The summed E-state index contributed by atoms with van der Waals surface area (Å²) < 4.78 is 5.52. The molecule has 1 aliphatic heterocycles. The summed E-state index contributed by atoms with van der Waals surface area (Å²) in [6, 6.07) is 4.43. The van der Waals surface area contributed by atoms with E-state index in [4.69, 9.17) is 9.72 Å². The largest absolute Gasteiger partial charge is 0.380 e. The molecular formula is C15H25N3O. The third kappa shape index (κ3) is 4.18. The highest BCUT2D eigenvalue weighted by molar-refractivity contribution is 5.43. The Morgan fingerprint density at radius 2 is 2.21 bits per heavy atom. The van der Waals surface area contributed by atoms with E-state index in [0.717, 1.165) is 57.9 Å². The molecule has 1 aromatic heterocycles. The van der Waals surface area contributed by atoms with E-state index in [1.165, 1.54) is 11.3 Å². The van der Waals surface area contributed by atoms with E-state index in [1.807, 2.05) is 7.05 Å². The number of anilines is 1. The molecule has 0 spiro atoms. The minimum absolute atomic E-state index is 0.807. The van der Waals surface area contributed by atoms with Crippen LogP contribution in [0.3, 0.4) is 0 Å². The molecule has 106 valence electrons. The molecule has 2 heterocycles. The lowest BCUT2D eigenvalue weighted by atomic mass is 10.1. The second kappa shape index (κ2) is 7.46. The van der Waals surface area contributed by atoms with Gasteiger partial charge in [0, 0.05) is 31.9 Å². The molecule has 1 fully saturated rings. The molecule has 0 bridgehead atoms. The molecule has 4 nitrogen and oxygen atoms in total. The maximum atomic E-state index is 5.52. The first-order valence-corrected chi connectivity index (χ1v) is 7.30. The predicted molar refractivity (Wildman–Crippen MR) is 78.6 cm³/mol. The highest BCUT2D eigenvalue weighted by atomic mass is 16.5. The minimum Gasteiger partial charge on any atom is -0.380 e. The molecule has 0 atom stereocenters. The van der Waals surface area contributed by atoms with Crippen molar-refractivity contribution in [1.82, 2.24) is 10.3 Å². The summed E-state index contributed by atoms with van der Waals surface area (Å²) in [4.78, 5) is 7.17. The molecule has 1 N–H and O–H groups in total. The molecule has 0 unspecified atom stereocenters. The Bertz CT molecular complexity index is 363. The van der Waals surface area contributed by atoms with Gasteiger partial charge in [0.25, 0.3) is 0 Å². The van der Waals surface area contributed by atoms with Crippen molar-refractivity contribution in [2.24, 2.45) is 0 Å². The summed E-state index contributed by atoms with van der Waals surface area (Å²) in [5, 5.41) is 3.22. The molecule has 1 aliphatic rings. The number of aromatic nitrogens is 1. The third-order valence-electron chi connectivity index (χ3n) is 3.36. The Morgan fingerprint density at radius 1 is 1.32 bits per heavy atom. The number of nitrogens with zero attached hydrogens (tertiary/aromatic N) is 2. The fourth-order valence-electron chi connectivity index (χ4n) is 2.46. The van der Waals surface area contributed by atoms with Crippen LogP contribution in [-0.4, -0.2) is 38.3 Å². The van der Waals surface area contributed by atoms with Crippen molar-refractivity contribution in [2.75, 3.05) is 38.3 Å². The minimum atomic E-state index is 0.807. The number of rotatable bonds is 5. The van der Waals surface area contributed by atoms with Gasteiger partial charge in [-0.05, 0) is 37.6 Å². The van der Waals surface area contributed by atoms with Gasteiger partial charge in [0.05, 0.1) is 6.61 Å². The second-order valence-corrected chi connectivity index (χ2v) is 5.06. The number of ether oxygens (including phenoxy) is 1. The zero-order chi connectivity index (χ0) is 13.5. The number of pyridine rings is 1. The van der Waals surface area contributed by atoms with E-state index in [0.29, 0.717) is 0 Å². The van der Waals surface area contributed by atoms with E-state index in [2.05, 4.69) is 29.3 Å².